The summed E-state index contributed by atoms with van der Waals surface area (Å²) in [4.78, 5) is 0. The summed E-state index contributed by atoms with van der Waals surface area (Å²) in [6.45, 7) is 1.75. The van der Waals surface area contributed by atoms with Crippen LogP contribution in [0, 0.1) is 0 Å². The quantitative estimate of drug-likeness (QED) is 0.690. The van der Waals surface area contributed by atoms with E-state index in [1.165, 1.54) is 25.0 Å². The lowest BCUT2D eigenvalue weighted by molar-refractivity contribution is 0.517. The number of rotatable bonds is 8. The largest absolute Gasteiger partial charge is 0.307 e. The molecule has 1 aromatic rings. The van der Waals surface area contributed by atoms with Gasteiger partial charge in [0.2, 0.25) is 0 Å². The van der Waals surface area contributed by atoms with Crippen LogP contribution in [0.1, 0.15) is 31.5 Å². The van der Waals surface area contributed by atoms with Crippen LogP contribution in [0.4, 0.5) is 0 Å². The fourth-order valence-electron chi connectivity index (χ4n) is 1.55. The molecule has 0 atom stereocenters. The summed E-state index contributed by atoms with van der Waals surface area (Å²) in [6, 6.07) is 0.710. The van der Waals surface area contributed by atoms with Crippen LogP contribution in [0.15, 0.2) is 0 Å². The van der Waals surface area contributed by atoms with Crippen molar-refractivity contribution < 1.29 is 0 Å². The van der Waals surface area contributed by atoms with Crippen LogP contribution in [-0.4, -0.2) is 38.3 Å². The SMILES string of the molecule is CSCCCCn1nnnc1CNC1CC1. The van der Waals surface area contributed by atoms with Gasteiger partial charge >= 0.3 is 0 Å². The first-order valence-corrected chi connectivity index (χ1v) is 7.27. The summed E-state index contributed by atoms with van der Waals surface area (Å²) in [6.07, 6.45) is 7.13. The van der Waals surface area contributed by atoms with Crippen LogP contribution < -0.4 is 5.32 Å². The lowest BCUT2D eigenvalue weighted by atomic mass is 10.3. The molecule has 16 heavy (non-hydrogen) atoms. The molecule has 1 aromatic heterocycles. The molecule has 0 bridgehead atoms. The Morgan fingerprint density at radius 2 is 2.31 bits per heavy atom. The summed E-state index contributed by atoms with van der Waals surface area (Å²) in [5, 5.41) is 15.2. The van der Waals surface area contributed by atoms with E-state index in [0.717, 1.165) is 25.3 Å². The van der Waals surface area contributed by atoms with Gasteiger partial charge in [-0.15, -0.1) is 5.10 Å². The maximum Gasteiger partial charge on any atom is 0.165 e. The molecule has 1 N–H and O–H groups in total. The van der Waals surface area contributed by atoms with Crippen LogP contribution in [-0.2, 0) is 13.1 Å². The highest BCUT2D eigenvalue weighted by atomic mass is 32.2. The molecule has 2 rings (SSSR count). The Labute approximate surface area is 100 Å². The Morgan fingerprint density at radius 3 is 3.06 bits per heavy atom. The molecule has 0 unspecified atom stereocenters. The molecule has 1 fully saturated rings. The number of tetrazole rings is 1. The number of hydrogen-bond donors (Lipinski definition) is 1. The van der Waals surface area contributed by atoms with Gasteiger partial charge in [0.1, 0.15) is 0 Å². The summed E-state index contributed by atoms with van der Waals surface area (Å²) in [7, 11) is 0. The predicted octanol–water partition coefficient (Wildman–Crippen LogP) is 1.07. The standard InChI is InChI=1S/C10H19N5S/c1-16-7-3-2-6-15-10(12-13-14-15)8-11-9-4-5-9/h9,11H,2-8H2,1H3. The van der Waals surface area contributed by atoms with Crippen molar-refractivity contribution in [3.63, 3.8) is 0 Å². The van der Waals surface area contributed by atoms with E-state index in [9.17, 15) is 0 Å². The van der Waals surface area contributed by atoms with Crippen molar-refractivity contribution in [1.82, 2.24) is 25.5 Å². The fourth-order valence-corrected chi connectivity index (χ4v) is 2.05. The molecule has 1 heterocycles. The molecule has 0 aromatic carbocycles. The number of aromatic nitrogens is 4. The minimum atomic E-state index is 0.710. The van der Waals surface area contributed by atoms with Gasteiger partial charge in [0.05, 0.1) is 6.54 Å². The third kappa shape index (κ3) is 3.75. The van der Waals surface area contributed by atoms with E-state index in [2.05, 4.69) is 27.1 Å². The summed E-state index contributed by atoms with van der Waals surface area (Å²) in [5.41, 5.74) is 0. The molecular formula is C10H19N5S. The van der Waals surface area contributed by atoms with E-state index in [1.54, 1.807) is 0 Å². The van der Waals surface area contributed by atoms with Gasteiger partial charge in [-0.05, 0) is 48.1 Å². The van der Waals surface area contributed by atoms with Gasteiger partial charge in [-0.25, -0.2) is 4.68 Å². The Morgan fingerprint density at radius 1 is 1.44 bits per heavy atom. The van der Waals surface area contributed by atoms with E-state index in [0.29, 0.717) is 6.04 Å². The molecule has 6 heteroatoms. The molecule has 0 aliphatic heterocycles. The van der Waals surface area contributed by atoms with Crippen molar-refractivity contribution in [1.29, 1.82) is 0 Å². The summed E-state index contributed by atoms with van der Waals surface area (Å²) >= 11 is 1.89. The lowest BCUT2D eigenvalue weighted by Gasteiger charge is -2.04. The van der Waals surface area contributed by atoms with Crippen LogP contribution in [0.25, 0.3) is 0 Å². The van der Waals surface area contributed by atoms with Crippen molar-refractivity contribution >= 4 is 11.8 Å². The zero-order valence-electron chi connectivity index (χ0n) is 9.72. The number of unbranched alkanes of at least 4 members (excludes halogenated alkanes) is 1. The number of aryl methyl sites for hydroxylation is 1. The molecule has 1 aliphatic rings. The summed E-state index contributed by atoms with van der Waals surface area (Å²) < 4.78 is 1.93. The first-order valence-electron chi connectivity index (χ1n) is 5.87. The van der Waals surface area contributed by atoms with Gasteiger partial charge in [-0.3, -0.25) is 0 Å². The van der Waals surface area contributed by atoms with Gasteiger partial charge in [0.25, 0.3) is 0 Å². The Hall–Kier alpha value is -0.620. The van der Waals surface area contributed by atoms with E-state index < -0.39 is 0 Å². The number of hydrogen-bond acceptors (Lipinski definition) is 5. The number of nitrogens with zero attached hydrogens (tertiary/aromatic N) is 4. The normalized spacial score (nSPS) is 15.6. The van der Waals surface area contributed by atoms with Gasteiger partial charge in [0, 0.05) is 12.6 Å². The maximum atomic E-state index is 4.05. The van der Waals surface area contributed by atoms with E-state index in [-0.39, 0.29) is 0 Å². The Balaban J connectivity index is 1.71. The molecule has 90 valence electrons. The average molecular weight is 241 g/mol. The molecule has 1 aliphatic carbocycles. The monoisotopic (exact) mass is 241 g/mol. The topological polar surface area (TPSA) is 55.6 Å². The highest BCUT2D eigenvalue weighted by molar-refractivity contribution is 7.98. The van der Waals surface area contributed by atoms with Crippen molar-refractivity contribution in [2.45, 2.75) is 44.8 Å². The fraction of sp³-hybridized carbons (Fsp3) is 0.900. The van der Waals surface area contributed by atoms with Crippen LogP contribution >= 0.6 is 11.8 Å². The van der Waals surface area contributed by atoms with Gasteiger partial charge in [-0.2, -0.15) is 11.8 Å². The predicted molar refractivity (Wildman–Crippen MR) is 65.3 cm³/mol. The zero-order chi connectivity index (χ0) is 11.2. The second-order valence-corrected chi connectivity index (χ2v) is 5.16. The first kappa shape index (κ1) is 11.9. The summed E-state index contributed by atoms with van der Waals surface area (Å²) in [5.74, 6) is 2.19. The van der Waals surface area contributed by atoms with Crippen molar-refractivity contribution in [2.24, 2.45) is 0 Å². The van der Waals surface area contributed by atoms with E-state index in [1.807, 2.05) is 16.4 Å². The molecule has 0 radical (unpaired) electrons. The van der Waals surface area contributed by atoms with Crippen molar-refractivity contribution in [2.75, 3.05) is 12.0 Å². The maximum absolute atomic E-state index is 4.05. The first-order chi connectivity index (χ1) is 7.90. The van der Waals surface area contributed by atoms with Crippen LogP contribution in [0.3, 0.4) is 0 Å². The van der Waals surface area contributed by atoms with Crippen molar-refractivity contribution in [3.05, 3.63) is 5.82 Å². The minimum Gasteiger partial charge on any atom is -0.307 e. The van der Waals surface area contributed by atoms with Gasteiger partial charge < -0.3 is 5.32 Å². The van der Waals surface area contributed by atoms with Gasteiger partial charge in [-0.1, -0.05) is 0 Å². The van der Waals surface area contributed by atoms with Gasteiger partial charge in [0.15, 0.2) is 5.82 Å². The molecule has 0 spiro atoms. The van der Waals surface area contributed by atoms with E-state index >= 15 is 0 Å². The molecule has 5 nitrogen and oxygen atoms in total. The Kier molecular flexibility index (Phi) is 4.59. The second kappa shape index (κ2) is 6.20. The minimum absolute atomic E-state index is 0.710. The molecule has 0 amide bonds. The molecule has 1 saturated carbocycles. The Bertz CT molecular complexity index is 310. The average Bonchev–Trinajstić information content (AvgIpc) is 3.02. The third-order valence-electron chi connectivity index (χ3n) is 2.70. The molecular weight excluding hydrogens is 222 g/mol. The smallest absolute Gasteiger partial charge is 0.165 e. The van der Waals surface area contributed by atoms with Crippen LogP contribution in [0.5, 0.6) is 0 Å². The third-order valence-corrected chi connectivity index (χ3v) is 3.40. The van der Waals surface area contributed by atoms with Crippen LogP contribution in [0.2, 0.25) is 0 Å². The van der Waals surface area contributed by atoms with E-state index in [4.69, 9.17) is 0 Å². The highest BCUT2D eigenvalue weighted by Crippen LogP contribution is 2.18. The zero-order valence-corrected chi connectivity index (χ0v) is 10.5. The second-order valence-electron chi connectivity index (χ2n) is 4.17. The molecule has 0 saturated heterocycles. The lowest BCUT2D eigenvalue weighted by Crippen LogP contribution is -2.19. The number of thioether (sulfide) groups is 1. The highest BCUT2D eigenvalue weighted by Gasteiger charge is 2.21. The number of nitrogens with one attached hydrogen (secondary N) is 1. The van der Waals surface area contributed by atoms with Crippen molar-refractivity contribution in [3.8, 4) is 0 Å².